The maximum absolute atomic E-state index is 12.2. The molecule has 21 heavy (non-hydrogen) atoms. The zero-order valence-corrected chi connectivity index (χ0v) is 15.0. The van der Waals surface area contributed by atoms with Crippen LogP contribution in [0.5, 0.6) is 0 Å². The monoisotopic (exact) mass is 336 g/mol. The van der Waals surface area contributed by atoms with Gasteiger partial charge >= 0.3 is 0 Å². The minimum Gasteiger partial charge on any atom is -0.355 e. The molecule has 1 aliphatic heterocycles. The Labute approximate surface area is 133 Å². The fourth-order valence-electron chi connectivity index (χ4n) is 2.13. The molecule has 0 aromatic rings. The number of sulfonamides is 1. The Morgan fingerprint density at radius 2 is 2.05 bits per heavy atom. The molecule has 0 unspecified atom stereocenters. The standard InChI is InChI=1S/C13H28N4O2S2/c1-4-5-7-16(3)13(14-2)15-6-12-21(18,19)17-8-10-20-11-9-17/h4-12H2,1-3H3,(H,14,15). The van der Waals surface area contributed by atoms with E-state index in [9.17, 15) is 8.42 Å². The van der Waals surface area contributed by atoms with Crippen LogP contribution in [0.25, 0.3) is 0 Å². The van der Waals surface area contributed by atoms with Crippen molar-refractivity contribution in [3.05, 3.63) is 0 Å². The Bertz CT molecular complexity index is 420. The third-order valence-electron chi connectivity index (χ3n) is 3.43. The van der Waals surface area contributed by atoms with Crippen molar-refractivity contribution in [1.29, 1.82) is 0 Å². The summed E-state index contributed by atoms with van der Waals surface area (Å²) in [5, 5.41) is 3.14. The molecule has 0 aromatic heterocycles. The first-order chi connectivity index (χ1) is 10.0. The van der Waals surface area contributed by atoms with Crippen LogP contribution in [0.3, 0.4) is 0 Å². The van der Waals surface area contributed by atoms with Gasteiger partial charge in [0.2, 0.25) is 10.0 Å². The lowest BCUT2D eigenvalue weighted by atomic mass is 10.3. The quantitative estimate of drug-likeness (QED) is 0.547. The fraction of sp³-hybridized carbons (Fsp3) is 0.923. The normalized spacial score (nSPS) is 17.8. The van der Waals surface area contributed by atoms with Gasteiger partial charge in [-0.05, 0) is 6.42 Å². The van der Waals surface area contributed by atoms with E-state index in [2.05, 4.69) is 17.2 Å². The molecule has 6 nitrogen and oxygen atoms in total. The van der Waals surface area contributed by atoms with Crippen molar-refractivity contribution in [2.75, 3.05) is 57.5 Å². The SMILES string of the molecule is CCCCN(C)C(=NC)NCCS(=O)(=O)N1CCSCC1. The molecule has 0 amide bonds. The van der Waals surface area contributed by atoms with Crippen molar-refractivity contribution in [2.45, 2.75) is 19.8 Å². The highest BCUT2D eigenvalue weighted by Gasteiger charge is 2.23. The highest BCUT2D eigenvalue weighted by molar-refractivity contribution is 7.99. The van der Waals surface area contributed by atoms with Crippen molar-refractivity contribution in [3.63, 3.8) is 0 Å². The summed E-state index contributed by atoms with van der Waals surface area (Å²) >= 11 is 1.81. The van der Waals surface area contributed by atoms with E-state index in [1.165, 1.54) is 0 Å². The van der Waals surface area contributed by atoms with Gasteiger partial charge in [-0.25, -0.2) is 12.7 Å². The lowest BCUT2D eigenvalue weighted by Crippen LogP contribution is -2.44. The number of nitrogens with one attached hydrogen (secondary N) is 1. The van der Waals surface area contributed by atoms with Crippen molar-refractivity contribution in [2.24, 2.45) is 4.99 Å². The van der Waals surface area contributed by atoms with Crippen LogP contribution < -0.4 is 5.32 Å². The Morgan fingerprint density at radius 3 is 2.62 bits per heavy atom. The van der Waals surface area contributed by atoms with E-state index in [-0.39, 0.29) is 5.75 Å². The molecule has 0 bridgehead atoms. The van der Waals surface area contributed by atoms with Crippen LogP contribution in [0, 0.1) is 0 Å². The Balaban J connectivity index is 2.39. The predicted octanol–water partition coefficient (Wildman–Crippen LogP) is 0.672. The highest BCUT2D eigenvalue weighted by atomic mass is 32.2. The number of nitrogens with zero attached hydrogens (tertiary/aromatic N) is 3. The Kier molecular flexibility index (Phi) is 8.43. The summed E-state index contributed by atoms with van der Waals surface area (Å²) in [5.41, 5.74) is 0. The third kappa shape index (κ3) is 6.44. The maximum Gasteiger partial charge on any atom is 0.215 e. The molecule has 0 aromatic carbocycles. The van der Waals surface area contributed by atoms with Gasteiger partial charge in [0.25, 0.3) is 0 Å². The number of aliphatic imine (C=N–C) groups is 1. The zero-order valence-electron chi connectivity index (χ0n) is 13.3. The summed E-state index contributed by atoms with van der Waals surface area (Å²) in [4.78, 5) is 6.23. The largest absolute Gasteiger partial charge is 0.355 e. The summed E-state index contributed by atoms with van der Waals surface area (Å²) in [5.74, 6) is 2.67. The molecule has 8 heteroatoms. The van der Waals surface area contributed by atoms with Crippen molar-refractivity contribution >= 4 is 27.7 Å². The molecule has 0 atom stereocenters. The minimum absolute atomic E-state index is 0.123. The van der Waals surface area contributed by atoms with E-state index in [0.29, 0.717) is 19.6 Å². The highest BCUT2D eigenvalue weighted by Crippen LogP contribution is 2.12. The average molecular weight is 337 g/mol. The first-order valence-corrected chi connectivity index (χ1v) is 10.2. The predicted molar refractivity (Wildman–Crippen MR) is 91.6 cm³/mol. The summed E-state index contributed by atoms with van der Waals surface area (Å²) < 4.78 is 26.0. The molecule has 1 fully saturated rings. The smallest absolute Gasteiger partial charge is 0.215 e. The summed E-state index contributed by atoms with van der Waals surface area (Å²) in [6.07, 6.45) is 2.23. The van der Waals surface area contributed by atoms with Crippen molar-refractivity contribution in [1.82, 2.24) is 14.5 Å². The van der Waals surface area contributed by atoms with Crippen LogP contribution >= 0.6 is 11.8 Å². The van der Waals surface area contributed by atoms with E-state index < -0.39 is 10.0 Å². The van der Waals surface area contributed by atoms with Crippen LogP contribution in [-0.4, -0.2) is 81.1 Å². The summed E-state index contributed by atoms with van der Waals surface area (Å²) in [7, 11) is 0.551. The van der Waals surface area contributed by atoms with Gasteiger partial charge in [-0.2, -0.15) is 11.8 Å². The molecule has 1 N–H and O–H groups in total. The molecule has 1 aliphatic rings. The molecule has 124 valence electrons. The molecule has 0 spiro atoms. The Hall–Kier alpha value is -0.470. The summed E-state index contributed by atoms with van der Waals surface area (Å²) in [6.45, 7) is 4.74. The van der Waals surface area contributed by atoms with E-state index in [0.717, 1.165) is 36.9 Å². The number of hydrogen-bond acceptors (Lipinski definition) is 4. The minimum atomic E-state index is -3.15. The van der Waals surface area contributed by atoms with Gasteiger partial charge in [0, 0.05) is 51.8 Å². The maximum atomic E-state index is 12.2. The van der Waals surface area contributed by atoms with Gasteiger partial charge in [0.15, 0.2) is 5.96 Å². The molecule has 1 rings (SSSR count). The van der Waals surface area contributed by atoms with E-state index >= 15 is 0 Å². The molecule has 1 heterocycles. The van der Waals surface area contributed by atoms with Gasteiger partial charge < -0.3 is 10.2 Å². The fourth-order valence-corrected chi connectivity index (χ4v) is 4.62. The Morgan fingerprint density at radius 1 is 1.38 bits per heavy atom. The number of guanidine groups is 1. The number of unbranched alkanes of at least 4 members (excludes halogenated alkanes) is 1. The molecule has 0 aliphatic carbocycles. The topological polar surface area (TPSA) is 65.0 Å². The molecule has 1 saturated heterocycles. The first kappa shape index (κ1) is 18.6. The van der Waals surface area contributed by atoms with Gasteiger partial charge in [-0.1, -0.05) is 13.3 Å². The van der Waals surface area contributed by atoms with Gasteiger partial charge in [-0.15, -0.1) is 0 Å². The van der Waals surface area contributed by atoms with Gasteiger partial charge in [0.05, 0.1) is 5.75 Å². The lowest BCUT2D eigenvalue weighted by molar-refractivity contribution is 0.441. The number of thioether (sulfide) groups is 1. The van der Waals surface area contributed by atoms with Crippen LogP contribution in [0.4, 0.5) is 0 Å². The first-order valence-electron chi connectivity index (χ1n) is 7.48. The van der Waals surface area contributed by atoms with Crippen molar-refractivity contribution < 1.29 is 8.42 Å². The second kappa shape index (κ2) is 9.53. The van der Waals surface area contributed by atoms with E-state index in [1.54, 1.807) is 11.4 Å². The average Bonchev–Trinajstić information content (AvgIpc) is 2.50. The second-order valence-electron chi connectivity index (χ2n) is 5.08. The number of rotatable bonds is 7. The lowest BCUT2D eigenvalue weighted by Gasteiger charge is -2.26. The van der Waals surface area contributed by atoms with Crippen LogP contribution in [-0.2, 0) is 10.0 Å². The second-order valence-corrected chi connectivity index (χ2v) is 8.39. The molecular formula is C13H28N4O2S2. The van der Waals surface area contributed by atoms with E-state index in [1.807, 2.05) is 23.7 Å². The van der Waals surface area contributed by atoms with Crippen LogP contribution in [0.1, 0.15) is 19.8 Å². The number of hydrogen-bond donors (Lipinski definition) is 1. The van der Waals surface area contributed by atoms with Gasteiger partial charge in [-0.3, -0.25) is 4.99 Å². The third-order valence-corrected chi connectivity index (χ3v) is 6.24. The molecular weight excluding hydrogens is 308 g/mol. The van der Waals surface area contributed by atoms with Gasteiger partial charge in [0.1, 0.15) is 0 Å². The molecule has 0 radical (unpaired) electrons. The molecule has 0 saturated carbocycles. The van der Waals surface area contributed by atoms with Crippen molar-refractivity contribution in [3.8, 4) is 0 Å². The van der Waals surface area contributed by atoms with Crippen LogP contribution in [0.15, 0.2) is 4.99 Å². The van der Waals surface area contributed by atoms with Crippen LogP contribution in [0.2, 0.25) is 0 Å². The zero-order chi connectivity index (χ0) is 15.7. The van der Waals surface area contributed by atoms with E-state index in [4.69, 9.17) is 0 Å². The summed E-state index contributed by atoms with van der Waals surface area (Å²) in [6, 6.07) is 0.